The summed E-state index contributed by atoms with van der Waals surface area (Å²) in [7, 11) is 2.20. The van der Waals surface area contributed by atoms with Gasteiger partial charge < -0.3 is 4.90 Å². The average Bonchev–Trinajstić information content (AvgIpc) is 3.06. The van der Waals surface area contributed by atoms with Crippen LogP contribution in [0.2, 0.25) is 0 Å². The molecule has 1 atom stereocenters. The average molecular weight is 339 g/mol. The Balaban J connectivity index is 2.03. The van der Waals surface area contributed by atoms with Gasteiger partial charge in [0.15, 0.2) is 0 Å². The highest BCUT2D eigenvalue weighted by atomic mass is 15.1. The van der Waals surface area contributed by atoms with E-state index >= 15 is 0 Å². The minimum atomic E-state index is 0.459. The molecule has 1 nitrogen and oxygen atoms in total. The van der Waals surface area contributed by atoms with Gasteiger partial charge in [0, 0.05) is 12.7 Å². The molecule has 1 unspecified atom stereocenters. The molecule has 0 amide bonds. The minimum Gasteiger partial charge on any atom is -0.352 e. The highest BCUT2D eigenvalue weighted by molar-refractivity contribution is 6.83. The third-order valence-electron chi connectivity index (χ3n) is 7.49. The van der Waals surface area contributed by atoms with Crippen LogP contribution in [0.4, 0.5) is 5.69 Å². The quantitative estimate of drug-likeness (QED) is 0.606. The zero-order chi connectivity index (χ0) is 18.5. The van der Waals surface area contributed by atoms with Gasteiger partial charge in [-0.05, 0) is 115 Å². The number of fused-ring (bicyclic) bond motifs is 2. The van der Waals surface area contributed by atoms with E-state index in [1.54, 1.807) is 11.0 Å². The molecule has 1 aliphatic carbocycles. The summed E-state index contributed by atoms with van der Waals surface area (Å²) in [6.07, 6.45) is 7.12. The van der Waals surface area contributed by atoms with E-state index in [-0.39, 0.29) is 0 Å². The third kappa shape index (κ3) is 1.64. The van der Waals surface area contributed by atoms with Crippen LogP contribution in [-0.2, 0) is 0 Å². The Morgan fingerprint density at radius 3 is 2.19 bits per heavy atom. The maximum atomic E-state index is 2.46. The molecule has 0 aromatic heterocycles. The molecule has 0 saturated carbocycles. The predicted molar refractivity (Wildman–Crippen MR) is 115 cm³/mol. The number of anilines is 1. The van der Waals surface area contributed by atoms with Crippen molar-refractivity contribution in [3.8, 4) is 11.1 Å². The second kappa shape index (κ2) is 4.94. The second-order valence-corrected chi connectivity index (χ2v) is 8.45. The number of nitrogens with zero attached hydrogens (tertiary/aromatic N) is 1. The van der Waals surface area contributed by atoms with Crippen LogP contribution in [-0.4, -0.2) is 13.8 Å². The van der Waals surface area contributed by atoms with Crippen molar-refractivity contribution < 1.29 is 0 Å². The monoisotopic (exact) mass is 339 g/mol. The van der Waals surface area contributed by atoms with Gasteiger partial charge in [-0.25, -0.2) is 0 Å². The van der Waals surface area contributed by atoms with Crippen molar-refractivity contribution in [2.24, 2.45) is 0 Å². The lowest BCUT2D eigenvalue weighted by Gasteiger charge is -2.40. The van der Waals surface area contributed by atoms with Crippen molar-refractivity contribution in [1.82, 2.24) is 0 Å². The van der Waals surface area contributed by atoms with Crippen molar-refractivity contribution >= 4 is 23.9 Å². The summed E-state index contributed by atoms with van der Waals surface area (Å²) in [4.78, 5) is 2.33. The molecule has 0 saturated heterocycles. The molecule has 2 heteroatoms. The Bertz CT molecular complexity index is 1070. The predicted octanol–water partition coefficient (Wildman–Crippen LogP) is 5.07. The minimum absolute atomic E-state index is 0.459. The molecular weight excluding hydrogens is 313 g/mol. The zero-order valence-electron chi connectivity index (χ0n) is 16.9. The van der Waals surface area contributed by atoms with E-state index in [4.69, 9.17) is 0 Å². The summed E-state index contributed by atoms with van der Waals surface area (Å²) >= 11 is 0. The Morgan fingerprint density at radius 1 is 0.808 bits per heavy atom. The van der Waals surface area contributed by atoms with Gasteiger partial charge >= 0.3 is 0 Å². The highest BCUT2D eigenvalue weighted by Crippen LogP contribution is 2.50. The van der Waals surface area contributed by atoms with Gasteiger partial charge in [-0.15, -0.1) is 0 Å². The van der Waals surface area contributed by atoms with Crippen LogP contribution in [0.15, 0.2) is 18.3 Å². The summed E-state index contributed by atoms with van der Waals surface area (Å²) in [5.41, 5.74) is 17.8. The van der Waals surface area contributed by atoms with Crippen LogP contribution in [0.1, 0.15) is 50.3 Å². The highest BCUT2D eigenvalue weighted by Gasteiger charge is 2.43. The van der Waals surface area contributed by atoms with Crippen LogP contribution < -0.4 is 10.4 Å². The van der Waals surface area contributed by atoms with E-state index in [0.717, 1.165) is 0 Å². The standard InChI is InChI=1S/C24H26BN/c1-12-14(3)18-8-9-19-22(18)20(15(12)4)21-16(5)13(2)17(6)24-23(21)25(19)10-11-26(24)7/h8-11,19H,1-7H3. The fraction of sp³-hybridized carbons (Fsp3) is 0.333. The molecule has 2 aliphatic heterocycles. The Hall–Kier alpha value is -2.22. The van der Waals surface area contributed by atoms with Gasteiger partial charge in [0.25, 0.3) is 0 Å². The van der Waals surface area contributed by atoms with Gasteiger partial charge in [0.05, 0.1) is 0 Å². The molecule has 0 spiro atoms. The van der Waals surface area contributed by atoms with E-state index in [9.17, 15) is 0 Å². The van der Waals surface area contributed by atoms with E-state index in [1.807, 2.05) is 0 Å². The Labute approximate surface area is 157 Å². The Morgan fingerprint density at radius 2 is 1.46 bits per heavy atom. The number of hydrogen-bond acceptors (Lipinski definition) is 1. The van der Waals surface area contributed by atoms with Crippen LogP contribution in [0, 0.1) is 41.5 Å². The first-order valence-corrected chi connectivity index (χ1v) is 9.71. The van der Waals surface area contributed by atoms with E-state index in [2.05, 4.69) is 77.8 Å². The van der Waals surface area contributed by atoms with E-state index in [0.29, 0.717) is 12.5 Å². The van der Waals surface area contributed by atoms with Gasteiger partial charge in [0.1, 0.15) is 0 Å². The summed E-state index contributed by atoms with van der Waals surface area (Å²) in [5.74, 6) is 2.91. The van der Waals surface area contributed by atoms with Crippen molar-refractivity contribution in [1.29, 1.82) is 0 Å². The summed E-state index contributed by atoms with van der Waals surface area (Å²) < 4.78 is 0. The van der Waals surface area contributed by atoms with Crippen molar-refractivity contribution in [2.75, 3.05) is 11.9 Å². The van der Waals surface area contributed by atoms with Gasteiger partial charge in [-0.3, -0.25) is 0 Å². The topological polar surface area (TPSA) is 3.24 Å². The first-order chi connectivity index (χ1) is 12.3. The first kappa shape index (κ1) is 16.0. The van der Waals surface area contributed by atoms with Crippen LogP contribution in [0.3, 0.4) is 0 Å². The fourth-order valence-corrected chi connectivity index (χ4v) is 5.65. The molecule has 2 aromatic carbocycles. The summed E-state index contributed by atoms with van der Waals surface area (Å²) in [6.45, 7) is 14.3. The molecule has 26 heavy (non-hydrogen) atoms. The van der Waals surface area contributed by atoms with Crippen molar-refractivity contribution in [3.63, 3.8) is 0 Å². The molecule has 3 aliphatic rings. The van der Waals surface area contributed by atoms with Crippen molar-refractivity contribution in [3.05, 3.63) is 62.8 Å². The normalized spacial score (nSPS) is 18.5. The lowest BCUT2D eigenvalue weighted by atomic mass is 9.32. The molecule has 0 N–H and O–H groups in total. The largest absolute Gasteiger partial charge is 0.352 e. The maximum absolute atomic E-state index is 2.46. The Kier molecular flexibility index (Phi) is 3.04. The van der Waals surface area contributed by atoms with Gasteiger partial charge in [-0.1, -0.05) is 18.1 Å². The van der Waals surface area contributed by atoms with Crippen LogP contribution in [0.25, 0.3) is 17.2 Å². The number of benzene rings is 2. The lowest BCUT2D eigenvalue weighted by Crippen LogP contribution is -2.46. The number of hydrogen-bond donors (Lipinski definition) is 0. The molecule has 0 fully saturated rings. The molecule has 0 bridgehead atoms. The summed E-state index contributed by atoms with van der Waals surface area (Å²) in [6, 6.07) is 0. The number of allylic oxidation sites excluding steroid dienone is 1. The molecule has 2 aromatic rings. The molecule has 0 radical (unpaired) electrons. The SMILES string of the molecule is Cc1c(C)c2c3c(c1C)-c1c(C)c(C)c(C)c4c1B(C=CN4C)C3C=C2. The van der Waals surface area contributed by atoms with Crippen molar-refractivity contribution in [2.45, 2.75) is 47.4 Å². The first-order valence-electron chi connectivity index (χ1n) is 9.71. The second-order valence-electron chi connectivity index (χ2n) is 8.45. The molecule has 5 rings (SSSR count). The summed E-state index contributed by atoms with van der Waals surface area (Å²) in [5, 5.41) is 0. The van der Waals surface area contributed by atoms with Gasteiger partial charge in [0.2, 0.25) is 6.71 Å². The van der Waals surface area contributed by atoms with E-state index < -0.39 is 0 Å². The lowest BCUT2D eigenvalue weighted by molar-refractivity contribution is 1.11. The molecular formula is C24H26BN. The fourth-order valence-electron chi connectivity index (χ4n) is 5.65. The molecule has 2 heterocycles. The van der Waals surface area contributed by atoms with Crippen LogP contribution in [0.5, 0.6) is 0 Å². The third-order valence-corrected chi connectivity index (χ3v) is 7.49. The maximum Gasteiger partial charge on any atom is 0.217 e. The zero-order valence-corrected chi connectivity index (χ0v) is 16.9. The number of rotatable bonds is 0. The van der Waals surface area contributed by atoms with Gasteiger partial charge in [-0.2, -0.15) is 0 Å². The van der Waals surface area contributed by atoms with Crippen LogP contribution >= 0.6 is 0 Å². The van der Waals surface area contributed by atoms with E-state index in [1.165, 1.54) is 55.8 Å². The molecule has 130 valence electrons. The smallest absolute Gasteiger partial charge is 0.217 e.